The van der Waals surface area contributed by atoms with Gasteiger partial charge in [-0.15, -0.1) is 0 Å². The van der Waals surface area contributed by atoms with Crippen LogP contribution in [-0.2, 0) is 11.3 Å². The third kappa shape index (κ3) is 4.63. The number of likely N-dealkylation sites (tertiary alicyclic amines) is 1. The van der Waals surface area contributed by atoms with E-state index in [1.165, 1.54) is 0 Å². The van der Waals surface area contributed by atoms with Crippen LogP contribution in [0, 0.1) is 0 Å². The Morgan fingerprint density at radius 1 is 1.33 bits per heavy atom. The Morgan fingerprint density at radius 2 is 2.08 bits per heavy atom. The Hall–Kier alpha value is -2.24. The van der Waals surface area contributed by atoms with E-state index in [4.69, 9.17) is 4.74 Å². The van der Waals surface area contributed by atoms with Crippen molar-refractivity contribution in [3.63, 3.8) is 0 Å². The summed E-state index contributed by atoms with van der Waals surface area (Å²) < 4.78 is 5.26. The largest absolute Gasteiger partial charge is 0.496 e. The van der Waals surface area contributed by atoms with Gasteiger partial charge in [0.15, 0.2) is 0 Å². The van der Waals surface area contributed by atoms with Crippen LogP contribution < -0.4 is 15.4 Å². The topological polar surface area (TPSA) is 70.7 Å². The Balaban J connectivity index is 1.84. The number of nitrogens with one attached hydrogen (secondary N) is 2. The highest BCUT2D eigenvalue weighted by atomic mass is 16.5. The van der Waals surface area contributed by atoms with E-state index in [2.05, 4.69) is 17.6 Å². The molecule has 0 unspecified atom stereocenters. The molecule has 24 heavy (non-hydrogen) atoms. The number of nitrogens with zero attached hydrogens (tertiary/aromatic N) is 1. The predicted molar refractivity (Wildman–Crippen MR) is 92.9 cm³/mol. The summed E-state index contributed by atoms with van der Waals surface area (Å²) in [6.07, 6.45) is 3.22. The molecule has 1 heterocycles. The number of methoxy groups -OCH3 is 1. The Kier molecular flexibility index (Phi) is 6.46. The number of carbonyl (C=O) groups excluding carboxylic acids is 2. The molecular formula is C18H27N3O3. The molecule has 2 atom stereocenters. The minimum atomic E-state index is -0.539. The first-order valence-corrected chi connectivity index (χ1v) is 8.49. The quantitative estimate of drug-likeness (QED) is 0.868. The van der Waals surface area contributed by atoms with E-state index in [0.717, 1.165) is 37.1 Å². The molecule has 1 aromatic rings. The first-order valence-electron chi connectivity index (χ1n) is 8.49. The van der Waals surface area contributed by atoms with Crippen LogP contribution in [0.25, 0.3) is 0 Å². The first-order chi connectivity index (χ1) is 11.5. The highest BCUT2D eigenvalue weighted by Gasteiger charge is 2.27. The van der Waals surface area contributed by atoms with Gasteiger partial charge in [-0.25, -0.2) is 4.79 Å². The number of hydrogen-bond acceptors (Lipinski definition) is 3. The van der Waals surface area contributed by atoms with E-state index in [0.29, 0.717) is 6.54 Å². The average Bonchev–Trinajstić information content (AvgIpc) is 2.60. The Morgan fingerprint density at radius 3 is 2.79 bits per heavy atom. The van der Waals surface area contributed by atoms with Gasteiger partial charge in [-0.2, -0.15) is 0 Å². The Labute approximate surface area is 143 Å². The second kappa shape index (κ2) is 8.57. The van der Waals surface area contributed by atoms with Gasteiger partial charge in [0.1, 0.15) is 11.8 Å². The average molecular weight is 333 g/mol. The highest BCUT2D eigenvalue weighted by Crippen LogP contribution is 2.18. The molecule has 6 nitrogen and oxygen atoms in total. The number of hydrogen-bond donors (Lipinski definition) is 2. The summed E-state index contributed by atoms with van der Waals surface area (Å²) in [5.41, 5.74) is 0.888. The molecule has 1 saturated heterocycles. The Bertz CT molecular complexity index is 576. The molecule has 0 spiro atoms. The van der Waals surface area contributed by atoms with E-state index >= 15 is 0 Å². The summed E-state index contributed by atoms with van der Waals surface area (Å²) in [4.78, 5) is 26.4. The monoisotopic (exact) mass is 333 g/mol. The smallest absolute Gasteiger partial charge is 0.315 e. The van der Waals surface area contributed by atoms with Gasteiger partial charge in [-0.05, 0) is 39.2 Å². The van der Waals surface area contributed by atoms with Crippen molar-refractivity contribution in [1.29, 1.82) is 0 Å². The maximum atomic E-state index is 12.5. The van der Waals surface area contributed by atoms with Crippen molar-refractivity contribution in [3.8, 4) is 5.75 Å². The molecule has 0 saturated carbocycles. The molecule has 6 heteroatoms. The van der Waals surface area contributed by atoms with Gasteiger partial charge in [-0.1, -0.05) is 18.2 Å². The molecule has 0 aromatic heterocycles. The number of carbonyl (C=O) groups is 2. The summed E-state index contributed by atoms with van der Waals surface area (Å²) in [7, 11) is 1.60. The molecule has 0 aliphatic carbocycles. The lowest BCUT2D eigenvalue weighted by atomic mass is 10.0. The summed E-state index contributed by atoms with van der Waals surface area (Å²) in [6, 6.07) is 6.86. The predicted octanol–water partition coefficient (Wildman–Crippen LogP) is 2.28. The number of benzene rings is 1. The zero-order valence-electron chi connectivity index (χ0n) is 14.7. The second-order valence-corrected chi connectivity index (χ2v) is 6.24. The zero-order valence-corrected chi connectivity index (χ0v) is 14.7. The SMILES string of the molecule is COc1ccccc1CNC(=O)N[C@H](C)C(=O)N1CCCC[C@@H]1C. The van der Waals surface area contributed by atoms with Crippen LogP contribution in [0.1, 0.15) is 38.7 Å². The lowest BCUT2D eigenvalue weighted by molar-refractivity contribution is -0.136. The second-order valence-electron chi connectivity index (χ2n) is 6.24. The molecule has 1 aliphatic heterocycles. The maximum absolute atomic E-state index is 12.5. The van der Waals surface area contributed by atoms with Crippen LogP contribution in [-0.4, -0.2) is 42.6 Å². The summed E-state index contributed by atoms with van der Waals surface area (Å²) in [6.45, 7) is 4.91. The minimum Gasteiger partial charge on any atom is -0.496 e. The van der Waals surface area contributed by atoms with Gasteiger partial charge in [0, 0.05) is 24.7 Å². The molecule has 3 amide bonds. The fraction of sp³-hybridized carbons (Fsp3) is 0.556. The zero-order chi connectivity index (χ0) is 17.5. The van der Waals surface area contributed by atoms with E-state index in [9.17, 15) is 9.59 Å². The third-order valence-corrected chi connectivity index (χ3v) is 4.44. The van der Waals surface area contributed by atoms with Crippen molar-refractivity contribution in [2.45, 2.75) is 51.7 Å². The standard InChI is InChI=1S/C18H27N3O3/c1-13-8-6-7-11-21(13)17(22)14(2)20-18(23)19-12-15-9-4-5-10-16(15)24-3/h4-5,9-10,13-14H,6-8,11-12H2,1-3H3,(H2,19,20,23)/t13-,14+/m0/s1. The molecule has 1 aliphatic rings. The van der Waals surface area contributed by atoms with Crippen LogP contribution in [0.3, 0.4) is 0 Å². The highest BCUT2D eigenvalue weighted by molar-refractivity contribution is 5.87. The lowest BCUT2D eigenvalue weighted by Gasteiger charge is -2.35. The molecule has 2 rings (SSSR count). The number of amides is 3. The van der Waals surface area contributed by atoms with Gasteiger partial charge >= 0.3 is 6.03 Å². The first kappa shape index (κ1) is 18.1. The van der Waals surface area contributed by atoms with Crippen LogP contribution in [0.2, 0.25) is 0 Å². The number of urea groups is 1. The van der Waals surface area contributed by atoms with Crippen LogP contribution in [0.15, 0.2) is 24.3 Å². The molecular weight excluding hydrogens is 306 g/mol. The van der Waals surface area contributed by atoms with Crippen LogP contribution >= 0.6 is 0 Å². The van der Waals surface area contributed by atoms with Crippen molar-refractivity contribution in [2.75, 3.05) is 13.7 Å². The number of ether oxygens (including phenoxy) is 1. The molecule has 1 aromatic carbocycles. The minimum absolute atomic E-state index is 0.0189. The summed E-state index contributed by atoms with van der Waals surface area (Å²) in [5, 5.41) is 5.50. The van der Waals surface area contributed by atoms with Crippen molar-refractivity contribution in [2.24, 2.45) is 0 Å². The van der Waals surface area contributed by atoms with E-state index in [1.807, 2.05) is 29.2 Å². The maximum Gasteiger partial charge on any atom is 0.315 e. The fourth-order valence-corrected chi connectivity index (χ4v) is 3.01. The molecule has 132 valence electrons. The molecule has 0 radical (unpaired) electrons. The van der Waals surface area contributed by atoms with Crippen LogP contribution in [0.4, 0.5) is 4.79 Å². The van der Waals surface area contributed by atoms with E-state index in [1.54, 1.807) is 14.0 Å². The summed E-state index contributed by atoms with van der Waals surface area (Å²) >= 11 is 0. The molecule has 1 fully saturated rings. The number of piperidine rings is 1. The van der Waals surface area contributed by atoms with Crippen molar-refractivity contribution in [1.82, 2.24) is 15.5 Å². The van der Waals surface area contributed by atoms with Gasteiger partial charge in [0.05, 0.1) is 7.11 Å². The van der Waals surface area contributed by atoms with Gasteiger partial charge in [-0.3, -0.25) is 4.79 Å². The molecule has 2 N–H and O–H groups in total. The van der Waals surface area contributed by atoms with Gasteiger partial charge in [0.2, 0.25) is 5.91 Å². The normalized spacial score (nSPS) is 18.6. The number of rotatable bonds is 5. The lowest BCUT2D eigenvalue weighted by Crippen LogP contribution is -2.53. The van der Waals surface area contributed by atoms with Crippen molar-refractivity contribution >= 4 is 11.9 Å². The van der Waals surface area contributed by atoms with E-state index < -0.39 is 6.04 Å². The third-order valence-electron chi connectivity index (χ3n) is 4.44. The van der Waals surface area contributed by atoms with Gasteiger partial charge in [0.25, 0.3) is 0 Å². The van der Waals surface area contributed by atoms with Crippen molar-refractivity contribution in [3.05, 3.63) is 29.8 Å². The van der Waals surface area contributed by atoms with Gasteiger partial charge < -0.3 is 20.3 Å². The van der Waals surface area contributed by atoms with E-state index in [-0.39, 0.29) is 18.0 Å². The number of para-hydroxylation sites is 1. The fourth-order valence-electron chi connectivity index (χ4n) is 3.01. The molecule has 0 bridgehead atoms. The summed E-state index contributed by atoms with van der Waals surface area (Å²) in [5.74, 6) is 0.707. The van der Waals surface area contributed by atoms with Crippen LogP contribution in [0.5, 0.6) is 5.75 Å². The van der Waals surface area contributed by atoms with Crippen molar-refractivity contribution < 1.29 is 14.3 Å².